The zero-order valence-corrected chi connectivity index (χ0v) is 17.2. The van der Waals surface area contributed by atoms with Gasteiger partial charge in [-0.05, 0) is 43.5 Å². The number of nitrogens with zero attached hydrogens (tertiary/aromatic N) is 2. The van der Waals surface area contributed by atoms with Crippen molar-refractivity contribution in [2.45, 2.75) is 25.7 Å². The standard InChI is InChI=1S/C25H29N3O/c1-3-28(4-2)24(29)27-20-18-25(21-13-7-5-8-14-21,22-15-9-6-10-16-22)23-17-11-12-19-26-23/h5-17,19H,3-4,18,20H2,1-2H3,(H,27,29). The smallest absolute Gasteiger partial charge is 0.317 e. The highest BCUT2D eigenvalue weighted by molar-refractivity contribution is 5.74. The average molecular weight is 388 g/mol. The Hall–Kier alpha value is -3.14. The van der Waals surface area contributed by atoms with Crippen molar-refractivity contribution in [2.75, 3.05) is 19.6 Å². The lowest BCUT2D eigenvalue weighted by atomic mass is 9.69. The van der Waals surface area contributed by atoms with Crippen LogP contribution in [0.4, 0.5) is 4.79 Å². The summed E-state index contributed by atoms with van der Waals surface area (Å²) in [7, 11) is 0. The lowest BCUT2D eigenvalue weighted by Gasteiger charge is -2.35. The molecule has 0 unspecified atom stereocenters. The quantitative estimate of drug-likeness (QED) is 0.600. The molecule has 2 aromatic carbocycles. The van der Waals surface area contributed by atoms with Crippen molar-refractivity contribution in [3.8, 4) is 0 Å². The van der Waals surface area contributed by atoms with Crippen LogP contribution in [0.15, 0.2) is 85.1 Å². The summed E-state index contributed by atoms with van der Waals surface area (Å²) >= 11 is 0. The van der Waals surface area contributed by atoms with Crippen molar-refractivity contribution >= 4 is 6.03 Å². The minimum absolute atomic E-state index is 0.0222. The van der Waals surface area contributed by atoms with E-state index in [2.05, 4.69) is 59.9 Å². The maximum atomic E-state index is 12.5. The van der Waals surface area contributed by atoms with Gasteiger partial charge in [0, 0.05) is 25.8 Å². The second kappa shape index (κ2) is 9.87. The summed E-state index contributed by atoms with van der Waals surface area (Å²) in [6.07, 6.45) is 2.55. The summed E-state index contributed by atoms with van der Waals surface area (Å²) in [5.74, 6) is 0. The molecular formula is C25H29N3O. The molecule has 0 fully saturated rings. The number of benzene rings is 2. The Balaban J connectivity index is 2.02. The van der Waals surface area contributed by atoms with Crippen molar-refractivity contribution in [1.82, 2.24) is 15.2 Å². The minimum atomic E-state index is -0.444. The number of pyridine rings is 1. The number of nitrogens with one attached hydrogen (secondary N) is 1. The third-order valence-corrected chi connectivity index (χ3v) is 5.46. The van der Waals surface area contributed by atoms with Gasteiger partial charge in [0.2, 0.25) is 0 Å². The summed E-state index contributed by atoms with van der Waals surface area (Å²) < 4.78 is 0. The van der Waals surface area contributed by atoms with E-state index in [1.807, 2.05) is 44.3 Å². The highest BCUT2D eigenvalue weighted by Crippen LogP contribution is 2.40. The summed E-state index contributed by atoms with van der Waals surface area (Å²) in [4.78, 5) is 19.0. The highest BCUT2D eigenvalue weighted by atomic mass is 16.2. The van der Waals surface area contributed by atoms with Crippen molar-refractivity contribution in [3.05, 3.63) is 102 Å². The second-order valence-electron chi connectivity index (χ2n) is 7.01. The van der Waals surface area contributed by atoms with Gasteiger partial charge in [0.05, 0.1) is 11.1 Å². The van der Waals surface area contributed by atoms with Gasteiger partial charge in [-0.1, -0.05) is 66.7 Å². The molecule has 0 saturated carbocycles. The number of urea groups is 1. The van der Waals surface area contributed by atoms with Gasteiger partial charge in [0.15, 0.2) is 0 Å². The van der Waals surface area contributed by atoms with E-state index in [9.17, 15) is 4.79 Å². The van der Waals surface area contributed by atoms with E-state index in [0.29, 0.717) is 26.1 Å². The van der Waals surface area contributed by atoms with Crippen molar-refractivity contribution < 1.29 is 4.79 Å². The molecule has 0 aliphatic rings. The Morgan fingerprint density at radius 2 is 1.41 bits per heavy atom. The van der Waals surface area contributed by atoms with Gasteiger partial charge in [0.25, 0.3) is 0 Å². The van der Waals surface area contributed by atoms with Gasteiger partial charge in [0.1, 0.15) is 0 Å². The molecule has 29 heavy (non-hydrogen) atoms. The Bertz CT molecular complexity index is 781. The Morgan fingerprint density at radius 3 is 1.90 bits per heavy atom. The van der Waals surface area contributed by atoms with Crippen LogP contribution in [0.1, 0.15) is 37.1 Å². The number of carbonyl (C=O) groups excluding carboxylic acids is 1. The van der Waals surface area contributed by atoms with Crippen LogP contribution >= 0.6 is 0 Å². The number of aromatic nitrogens is 1. The van der Waals surface area contributed by atoms with Crippen LogP contribution in [0.3, 0.4) is 0 Å². The van der Waals surface area contributed by atoms with Gasteiger partial charge in [-0.2, -0.15) is 0 Å². The zero-order chi connectivity index (χ0) is 20.5. The predicted molar refractivity (Wildman–Crippen MR) is 118 cm³/mol. The summed E-state index contributed by atoms with van der Waals surface area (Å²) in [6, 6.07) is 26.9. The first-order valence-electron chi connectivity index (χ1n) is 10.3. The molecule has 0 bridgehead atoms. The van der Waals surface area contributed by atoms with Gasteiger partial charge in [-0.3, -0.25) is 4.98 Å². The molecule has 2 amide bonds. The van der Waals surface area contributed by atoms with Gasteiger partial charge >= 0.3 is 6.03 Å². The number of amides is 2. The molecule has 3 rings (SSSR count). The molecule has 0 atom stereocenters. The van der Waals surface area contributed by atoms with Crippen molar-refractivity contribution in [3.63, 3.8) is 0 Å². The van der Waals surface area contributed by atoms with Crippen LogP contribution in [0, 0.1) is 0 Å². The normalized spacial score (nSPS) is 11.1. The fourth-order valence-corrected chi connectivity index (χ4v) is 3.92. The van der Waals surface area contributed by atoms with Gasteiger partial charge in [-0.15, -0.1) is 0 Å². The first-order valence-corrected chi connectivity index (χ1v) is 10.3. The Labute approximate surface area is 173 Å². The lowest BCUT2D eigenvalue weighted by Crippen LogP contribution is -2.42. The van der Waals surface area contributed by atoms with E-state index in [4.69, 9.17) is 4.98 Å². The predicted octanol–water partition coefficient (Wildman–Crippen LogP) is 4.86. The van der Waals surface area contributed by atoms with Crippen LogP contribution in [0.2, 0.25) is 0 Å². The molecule has 150 valence electrons. The van der Waals surface area contributed by atoms with E-state index in [-0.39, 0.29) is 6.03 Å². The highest BCUT2D eigenvalue weighted by Gasteiger charge is 2.37. The molecule has 1 aromatic heterocycles. The van der Waals surface area contributed by atoms with E-state index in [1.165, 1.54) is 11.1 Å². The van der Waals surface area contributed by atoms with Crippen molar-refractivity contribution in [2.24, 2.45) is 0 Å². The van der Waals surface area contributed by atoms with Crippen LogP contribution in [0.25, 0.3) is 0 Å². The fourth-order valence-electron chi connectivity index (χ4n) is 3.92. The van der Waals surface area contributed by atoms with E-state index in [0.717, 1.165) is 5.69 Å². The number of hydrogen-bond acceptors (Lipinski definition) is 2. The molecule has 0 aliphatic carbocycles. The molecule has 0 radical (unpaired) electrons. The van der Waals surface area contributed by atoms with E-state index < -0.39 is 5.41 Å². The summed E-state index contributed by atoms with van der Waals surface area (Å²) in [5.41, 5.74) is 2.87. The average Bonchev–Trinajstić information content (AvgIpc) is 2.79. The molecule has 0 saturated heterocycles. The number of hydrogen-bond donors (Lipinski definition) is 1. The molecule has 3 aromatic rings. The van der Waals surface area contributed by atoms with Crippen LogP contribution in [-0.4, -0.2) is 35.5 Å². The Morgan fingerprint density at radius 1 is 0.862 bits per heavy atom. The Kier molecular flexibility index (Phi) is 7.01. The third kappa shape index (κ3) is 4.48. The minimum Gasteiger partial charge on any atom is -0.338 e. The molecule has 4 nitrogen and oxygen atoms in total. The van der Waals surface area contributed by atoms with E-state index in [1.54, 1.807) is 4.90 Å². The molecule has 0 spiro atoms. The second-order valence-corrected chi connectivity index (χ2v) is 7.01. The maximum absolute atomic E-state index is 12.5. The first kappa shape index (κ1) is 20.6. The SMILES string of the molecule is CCN(CC)C(=O)NCCC(c1ccccc1)(c1ccccc1)c1ccccn1. The largest absolute Gasteiger partial charge is 0.338 e. The van der Waals surface area contributed by atoms with Crippen molar-refractivity contribution in [1.29, 1.82) is 0 Å². The monoisotopic (exact) mass is 387 g/mol. The van der Waals surface area contributed by atoms with Crippen LogP contribution < -0.4 is 5.32 Å². The maximum Gasteiger partial charge on any atom is 0.317 e. The number of carbonyl (C=O) groups is 1. The molecule has 1 heterocycles. The molecule has 4 heteroatoms. The summed E-state index contributed by atoms with van der Waals surface area (Å²) in [5, 5.41) is 3.11. The lowest BCUT2D eigenvalue weighted by molar-refractivity contribution is 0.202. The molecule has 0 aliphatic heterocycles. The topological polar surface area (TPSA) is 45.2 Å². The zero-order valence-electron chi connectivity index (χ0n) is 17.2. The van der Waals surface area contributed by atoms with Gasteiger partial charge in [-0.25, -0.2) is 4.79 Å². The molecule has 1 N–H and O–H groups in total. The van der Waals surface area contributed by atoms with Crippen LogP contribution in [0.5, 0.6) is 0 Å². The van der Waals surface area contributed by atoms with Crippen LogP contribution in [-0.2, 0) is 5.41 Å². The summed E-state index contributed by atoms with van der Waals surface area (Å²) in [6.45, 7) is 5.94. The molecular weight excluding hydrogens is 358 g/mol. The van der Waals surface area contributed by atoms with E-state index >= 15 is 0 Å². The number of rotatable bonds is 8. The fraction of sp³-hybridized carbons (Fsp3) is 0.280. The third-order valence-electron chi connectivity index (χ3n) is 5.46. The van der Waals surface area contributed by atoms with Gasteiger partial charge < -0.3 is 10.2 Å². The first-order chi connectivity index (χ1) is 14.2.